The highest BCUT2D eigenvalue weighted by Crippen LogP contribution is 2.23. The fourth-order valence-corrected chi connectivity index (χ4v) is 2.99. The summed E-state index contributed by atoms with van der Waals surface area (Å²) in [5, 5.41) is 8.43. The molecule has 1 aromatic heterocycles. The van der Waals surface area contributed by atoms with Crippen molar-refractivity contribution in [3.8, 4) is 0 Å². The van der Waals surface area contributed by atoms with E-state index in [0.29, 0.717) is 23.8 Å². The fraction of sp³-hybridized carbons (Fsp3) is 0.714. The van der Waals surface area contributed by atoms with Crippen LogP contribution in [-0.2, 0) is 24.2 Å². The Morgan fingerprint density at radius 2 is 2.32 bits per heavy atom. The summed E-state index contributed by atoms with van der Waals surface area (Å²) in [5.41, 5.74) is 1.78. The monoisotopic (exact) mass is 283 g/mol. The van der Waals surface area contributed by atoms with Gasteiger partial charge in [0.25, 0.3) is 0 Å². The molecular weight excluding hydrogens is 262 g/mol. The Balaban J connectivity index is 2.04. The molecule has 2 rings (SSSR count). The van der Waals surface area contributed by atoms with Crippen molar-refractivity contribution in [3.63, 3.8) is 0 Å². The Bertz CT molecular complexity index is 450. The number of carbonyl (C=O) groups excluding carboxylic acids is 1. The van der Waals surface area contributed by atoms with Crippen LogP contribution in [0.5, 0.6) is 0 Å². The number of halogens is 1. The van der Waals surface area contributed by atoms with Crippen LogP contribution in [0.4, 0.5) is 0 Å². The van der Waals surface area contributed by atoms with Crippen molar-refractivity contribution in [2.45, 2.75) is 46.1 Å². The third-order valence-electron chi connectivity index (χ3n) is 3.74. The number of nitrogens with zero attached hydrogens (tertiary/aromatic N) is 2. The van der Waals surface area contributed by atoms with Gasteiger partial charge in [-0.15, -0.1) is 0 Å². The highest BCUT2D eigenvalue weighted by Gasteiger charge is 2.21. The van der Waals surface area contributed by atoms with Gasteiger partial charge < -0.3 is 5.32 Å². The average Bonchev–Trinajstić information content (AvgIpc) is 2.99. The quantitative estimate of drug-likeness (QED) is 0.871. The minimum atomic E-state index is 0.271. The van der Waals surface area contributed by atoms with E-state index in [0.717, 1.165) is 43.9 Å². The largest absolute Gasteiger partial charge is 0.316 e. The molecule has 1 N–H and O–H groups in total. The van der Waals surface area contributed by atoms with Gasteiger partial charge in [0.1, 0.15) is 5.78 Å². The van der Waals surface area contributed by atoms with Crippen molar-refractivity contribution >= 4 is 17.4 Å². The molecule has 0 aliphatic carbocycles. The number of aryl methyl sites for hydroxylation is 2. The predicted octanol–water partition coefficient (Wildman–Crippen LogP) is 2.23. The zero-order chi connectivity index (χ0) is 13.8. The zero-order valence-corrected chi connectivity index (χ0v) is 12.5. The molecule has 0 aromatic carbocycles. The van der Waals surface area contributed by atoms with Gasteiger partial charge in [0, 0.05) is 19.4 Å². The maximum atomic E-state index is 12.2. The molecule has 1 fully saturated rings. The summed E-state index contributed by atoms with van der Waals surface area (Å²) in [6.07, 6.45) is 2.97. The van der Waals surface area contributed by atoms with E-state index in [9.17, 15) is 4.79 Å². The molecule has 1 aromatic rings. The van der Waals surface area contributed by atoms with Crippen molar-refractivity contribution in [1.82, 2.24) is 15.1 Å². The standard InChI is InChI=1S/C14H22ClN3O/c1-3-12-14(15)13(18(4-2)17-12)8-11(19)7-10-5-6-16-9-10/h10,16H,3-9H2,1-2H3. The topological polar surface area (TPSA) is 46.9 Å². The van der Waals surface area contributed by atoms with E-state index in [1.165, 1.54) is 0 Å². The Labute approximate surface area is 119 Å². The number of aromatic nitrogens is 2. The molecular formula is C14H22ClN3O. The molecule has 1 aliphatic heterocycles. The van der Waals surface area contributed by atoms with Crippen LogP contribution < -0.4 is 5.32 Å². The van der Waals surface area contributed by atoms with Gasteiger partial charge >= 0.3 is 0 Å². The molecule has 0 amide bonds. The van der Waals surface area contributed by atoms with E-state index in [-0.39, 0.29) is 5.78 Å². The number of rotatable bonds is 6. The average molecular weight is 284 g/mol. The van der Waals surface area contributed by atoms with Crippen molar-refractivity contribution in [1.29, 1.82) is 0 Å². The van der Waals surface area contributed by atoms with Crippen molar-refractivity contribution in [2.24, 2.45) is 5.92 Å². The maximum absolute atomic E-state index is 12.2. The normalized spacial score (nSPS) is 19.0. The minimum Gasteiger partial charge on any atom is -0.316 e. The second-order valence-electron chi connectivity index (χ2n) is 5.16. The summed E-state index contributed by atoms with van der Waals surface area (Å²) in [5.74, 6) is 0.766. The lowest BCUT2D eigenvalue weighted by Crippen LogP contribution is -2.15. The van der Waals surface area contributed by atoms with Crippen LogP contribution in [0.2, 0.25) is 5.02 Å². The highest BCUT2D eigenvalue weighted by atomic mass is 35.5. The molecule has 0 spiro atoms. The summed E-state index contributed by atoms with van der Waals surface area (Å²) in [4.78, 5) is 12.2. The van der Waals surface area contributed by atoms with Gasteiger partial charge in [0.15, 0.2) is 0 Å². The molecule has 5 heteroatoms. The van der Waals surface area contributed by atoms with Crippen LogP contribution in [0.1, 0.15) is 38.1 Å². The van der Waals surface area contributed by atoms with E-state index >= 15 is 0 Å². The van der Waals surface area contributed by atoms with Gasteiger partial charge in [-0.2, -0.15) is 5.10 Å². The van der Waals surface area contributed by atoms with Crippen LogP contribution in [0.25, 0.3) is 0 Å². The first-order valence-electron chi connectivity index (χ1n) is 7.12. The molecule has 0 radical (unpaired) electrons. The molecule has 19 heavy (non-hydrogen) atoms. The predicted molar refractivity (Wildman–Crippen MR) is 76.6 cm³/mol. The van der Waals surface area contributed by atoms with Gasteiger partial charge in [-0.1, -0.05) is 18.5 Å². The van der Waals surface area contributed by atoms with Crippen molar-refractivity contribution < 1.29 is 4.79 Å². The van der Waals surface area contributed by atoms with E-state index in [1.54, 1.807) is 0 Å². The van der Waals surface area contributed by atoms with E-state index in [1.807, 2.05) is 18.5 Å². The molecule has 1 atom stereocenters. The van der Waals surface area contributed by atoms with Crippen LogP contribution in [0.15, 0.2) is 0 Å². The first kappa shape index (κ1) is 14.5. The molecule has 0 bridgehead atoms. The van der Waals surface area contributed by atoms with Crippen LogP contribution in [0.3, 0.4) is 0 Å². The summed E-state index contributed by atoms with van der Waals surface area (Å²) in [6.45, 7) is 6.81. The summed E-state index contributed by atoms with van der Waals surface area (Å²) < 4.78 is 1.87. The number of hydrogen-bond donors (Lipinski definition) is 1. The summed E-state index contributed by atoms with van der Waals surface area (Å²) in [7, 11) is 0. The first-order valence-corrected chi connectivity index (χ1v) is 7.49. The molecule has 1 saturated heterocycles. The van der Waals surface area contributed by atoms with E-state index in [4.69, 9.17) is 11.6 Å². The highest BCUT2D eigenvalue weighted by molar-refractivity contribution is 6.32. The number of carbonyl (C=O) groups is 1. The van der Waals surface area contributed by atoms with Crippen LogP contribution >= 0.6 is 11.6 Å². The maximum Gasteiger partial charge on any atom is 0.139 e. The number of hydrogen-bond acceptors (Lipinski definition) is 3. The molecule has 1 aliphatic rings. The lowest BCUT2D eigenvalue weighted by Gasteiger charge is -2.08. The molecule has 0 saturated carbocycles. The number of ketones is 1. The number of Topliss-reactive ketones (excluding diaryl/α,β-unsaturated/α-hetero) is 1. The van der Waals surface area contributed by atoms with Gasteiger partial charge in [-0.3, -0.25) is 9.48 Å². The van der Waals surface area contributed by atoms with Gasteiger partial charge in [0.05, 0.1) is 16.4 Å². The third-order valence-corrected chi connectivity index (χ3v) is 4.17. The second-order valence-corrected chi connectivity index (χ2v) is 5.53. The molecule has 1 unspecified atom stereocenters. The van der Waals surface area contributed by atoms with Gasteiger partial charge in [0.2, 0.25) is 0 Å². The van der Waals surface area contributed by atoms with Crippen molar-refractivity contribution in [2.75, 3.05) is 13.1 Å². The zero-order valence-electron chi connectivity index (χ0n) is 11.7. The summed E-state index contributed by atoms with van der Waals surface area (Å²) >= 11 is 6.32. The summed E-state index contributed by atoms with van der Waals surface area (Å²) in [6, 6.07) is 0. The van der Waals surface area contributed by atoms with Crippen molar-refractivity contribution in [3.05, 3.63) is 16.4 Å². The Kier molecular flexibility index (Phi) is 4.99. The number of nitrogens with one attached hydrogen (secondary N) is 1. The fourth-order valence-electron chi connectivity index (χ4n) is 2.66. The molecule has 4 nitrogen and oxygen atoms in total. The van der Waals surface area contributed by atoms with Gasteiger partial charge in [-0.05, 0) is 38.8 Å². The minimum absolute atomic E-state index is 0.271. The van der Waals surface area contributed by atoms with E-state index in [2.05, 4.69) is 10.4 Å². The van der Waals surface area contributed by atoms with Gasteiger partial charge in [-0.25, -0.2) is 0 Å². The molecule has 106 valence electrons. The SMILES string of the molecule is CCc1nn(CC)c(CC(=O)CC2CCNC2)c1Cl. The van der Waals surface area contributed by atoms with E-state index < -0.39 is 0 Å². The molecule has 2 heterocycles. The lowest BCUT2D eigenvalue weighted by molar-refractivity contribution is -0.119. The Morgan fingerprint density at radius 1 is 1.53 bits per heavy atom. The first-order chi connectivity index (χ1) is 9.15. The smallest absolute Gasteiger partial charge is 0.139 e. The van der Waals surface area contributed by atoms with Crippen LogP contribution in [-0.4, -0.2) is 28.7 Å². The third kappa shape index (κ3) is 3.37. The second kappa shape index (κ2) is 6.53. The Morgan fingerprint density at radius 3 is 2.89 bits per heavy atom. The van der Waals surface area contributed by atoms with Crippen LogP contribution in [0, 0.1) is 5.92 Å². The Hall–Kier alpha value is -0.870. The lowest BCUT2D eigenvalue weighted by atomic mass is 9.99.